The number of rotatable bonds is 4. The van der Waals surface area contributed by atoms with Crippen LogP contribution >= 0.6 is 0 Å². The molecule has 7 heteroatoms. The molecule has 0 bridgehead atoms. The second kappa shape index (κ2) is 6.20. The Balaban J connectivity index is 1.53. The van der Waals surface area contributed by atoms with Gasteiger partial charge in [-0.15, -0.1) is 0 Å². The molecule has 3 aromatic rings. The van der Waals surface area contributed by atoms with Gasteiger partial charge in [-0.05, 0) is 38.2 Å². The molecule has 1 amide bonds. The number of nitrogens with one attached hydrogen (secondary N) is 1. The third-order valence-corrected chi connectivity index (χ3v) is 5.89. The van der Waals surface area contributed by atoms with Crippen molar-refractivity contribution in [2.45, 2.75) is 38.1 Å². The molecular weight excluding hydrogens is 374 g/mol. The lowest BCUT2D eigenvalue weighted by atomic mass is 9.94. The number of aromatic nitrogens is 3. The summed E-state index contributed by atoms with van der Waals surface area (Å²) in [4.78, 5) is 17.0. The van der Waals surface area contributed by atoms with Gasteiger partial charge in [0.25, 0.3) is 5.91 Å². The number of carbonyl (C=O) groups excluding carboxylic acids is 1. The van der Waals surface area contributed by atoms with Gasteiger partial charge in [0.2, 0.25) is 0 Å². The lowest BCUT2D eigenvalue weighted by Crippen LogP contribution is -2.41. The van der Waals surface area contributed by atoms with Crippen LogP contribution in [0.3, 0.4) is 0 Å². The molecule has 5 nitrogen and oxygen atoms in total. The van der Waals surface area contributed by atoms with Gasteiger partial charge in [0.1, 0.15) is 5.82 Å². The van der Waals surface area contributed by atoms with Gasteiger partial charge < -0.3 is 5.32 Å². The smallest absolute Gasteiger partial charge is 0.272 e. The SMILES string of the molecule is CC(C)(NC(=O)c1nn(-c2ncc(F)cc2F)c2c1C[C@H]1C[C@@H]21)c1ccccc1. The Hall–Kier alpha value is -3.09. The standard InChI is InChI=1S/C22H20F2N4O/c1-22(2,13-6-4-3-5-7-13)26-21(29)18-16-9-12-8-15(12)19(16)28(27-18)20-17(24)10-14(23)11-25-20/h3-7,10-12,15H,8-9H2,1-2H3,(H,26,29)/t12-,15-/m1/s1. The molecule has 1 N–H and O–H groups in total. The third-order valence-electron chi connectivity index (χ3n) is 5.89. The molecule has 5 rings (SSSR count). The quantitative estimate of drug-likeness (QED) is 0.731. The molecule has 0 radical (unpaired) electrons. The lowest BCUT2D eigenvalue weighted by molar-refractivity contribution is 0.0905. The second-order valence-corrected chi connectivity index (χ2v) is 8.33. The van der Waals surface area contributed by atoms with Crippen LogP contribution in [0.2, 0.25) is 0 Å². The van der Waals surface area contributed by atoms with E-state index in [2.05, 4.69) is 15.4 Å². The molecule has 2 aromatic heterocycles. The van der Waals surface area contributed by atoms with Crippen LogP contribution in [0.15, 0.2) is 42.6 Å². The number of amides is 1. The largest absolute Gasteiger partial charge is 0.342 e. The highest BCUT2D eigenvalue weighted by atomic mass is 19.1. The Kier molecular flexibility index (Phi) is 3.84. The van der Waals surface area contributed by atoms with Crippen molar-refractivity contribution in [2.75, 3.05) is 0 Å². The summed E-state index contributed by atoms with van der Waals surface area (Å²) >= 11 is 0. The molecule has 0 spiro atoms. The Morgan fingerprint density at radius 1 is 1.24 bits per heavy atom. The summed E-state index contributed by atoms with van der Waals surface area (Å²) < 4.78 is 29.1. The fraction of sp³-hybridized carbons (Fsp3) is 0.318. The summed E-state index contributed by atoms with van der Waals surface area (Å²) in [5.41, 5.74) is 2.34. The van der Waals surface area contributed by atoms with Gasteiger partial charge in [0.05, 0.1) is 17.4 Å². The van der Waals surface area contributed by atoms with Crippen molar-refractivity contribution < 1.29 is 13.6 Å². The maximum Gasteiger partial charge on any atom is 0.272 e. The highest BCUT2D eigenvalue weighted by Gasteiger charge is 2.50. The summed E-state index contributed by atoms with van der Waals surface area (Å²) in [6.45, 7) is 3.85. The van der Waals surface area contributed by atoms with Crippen LogP contribution in [0.5, 0.6) is 0 Å². The zero-order chi connectivity index (χ0) is 20.3. The third kappa shape index (κ3) is 2.92. The van der Waals surface area contributed by atoms with E-state index in [0.717, 1.165) is 41.9 Å². The molecule has 2 aliphatic carbocycles. The predicted molar refractivity (Wildman–Crippen MR) is 103 cm³/mol. The van der Waals surface area contributed by atoms with E-state index >= 15 is 0 Å². The number of hydrogen-bond acceptors (Lipinski definition) is 3. The van der Waals surface area contributed by atoms with Crippen LogP contribution in [0, 0.1) is 17.6 Å². The van der Waals surface area contributed by atoms with Gasteiger partial charge in [0.15, 0.2) is 17.3 Å². The summed E-state index contributed by atoms with van der Waals surface area (Å²) in [5, 5.41) is 7.47. The first kappa shape index (κ1) is 18.0. The minimum atomic E-state index is -0.795. The second-order valence-electron chi connectivity index (χ2n) is 8.33. The minimum Gasteiger partial charge on any atom is -0.342 e. The van der Waals surface area contributed by atoms with E-state index in [0.29, 0.717) is 11.6 Å². The van der Waals surface area contributed by atoms with E-state index in [1.807, 2.05) is 44.2 Å². The fourth-order valence-electron chi connectivity index (χ4n) is 4.29. The Labute approximate surface area is 166 Å². The Bertz CT molecular complexity index is 1120. The lowest BCUT2D eigenvalue weighted by Gasteiger charge is -2.26. The molecule has 0 saturated heterocycles. The molecule has 148 valence electrons. The molecule has 1 aromatic carbocycles. The molecule has 1 saturated carbocycles. The number of benzene rings is 1. The van der Waals surface area contributed by atoms with Crippen molar-refractivity contribution in [1.29, 1.82) is 0 Å². The van der Waals surface area contributed by atoms with Crippen molar-refractivity contribution in [1.82, 2.24) is 20.1 Å². The average Bonchev–Trinajstić information content (AvgIpc) is 3.18. The number of fused-ring (bicyclic) bond motifs is 3. The first-order valence-corrected chi connectivity index (χ1v) is 9.66. The normalized spacial score (nSPS) is 19.6. The van der Waals surface area contributed by atoms with Gasteiger partial charge in [-0.2, -0.15) is 5.10 Å². The van der Waals surface area contributed by atoms with Gasteiger partial charge in [-0.25, -0.2) is 18.4 Å². The highest BCUT2D eigenvalue weighted by Crippen LogP contribution is 2.57. The summed E-state index contributed by atoms with van der Waals surface area (Å²) in [6.07, 6.45) is 2.71. The maximum atomic E-state index is 14.4. The fourth-order valence-corrected chi connectivity index (χ4v) is 4.29. The Morgan fingerprint density at radius 3 is 2.72 bits per heavy atom. The minimum absolute atomic E-state index is 0.0726. The van der Waals surface area contributed by atoms with Gasteiger partial charge >= 0.3 is 0 Å². The number of pyridine rings is 1. The zero-order valence-corrected chi connectivity index (χ0v) is 16.1. The highest BCUT2D eigenvalue weighted by molar-refractivity contribution is 5.95. The molecular formula is C22H20F2N4O. The summed E-state index contributed by atoms with van der Waals surface area (Å²) in [6, 6.07) is 10.5. The van der Waals surface area contributed by atoms with Gasteiger partial charge in [-0.1, -0.05) is 30.3 Å². The van der Waals surface area contributed by atoms with Crippen LogP contribution in [0.1, 0.15) is 53.5 Å². The van der Waals surface area contributed by atoms with Crippen molar-refractivity contribution >= 4 is 5.91 Å². The monoisotopic (exact) mass is 394 g/mol. The van der Waals surface area contributed by atoms with Gasteiger partial charge in [-0.3, -0.25) is 4.79 Å². The van der Waals surface area contributed by atoms with E-state index in [-0.39, 0.29) is 17.6 Å². The number of carbonyl (C=O) groups is 1. The van der Waals surface area contributed by atoms with Gasteiger partial charge in [0, 0.05) is 17.5 Å². The Morgan fingerprint density at radius 2 is 2.00 bits per heavy atom. The van der Waals surface area contributed by atoms with Crippen LogP contribution in [0.25, 0.3) is 5.82 Å². The van der Waals surface area contributed by atoms with Crippen LogP contribution in [-0.2, 0) is 12.0 Å². The first-order valence-electron chi connectivity index (χ1n) is 9.66. The number of halogens is 2. The van der Waals surface area contributed by atoms with Crippen molar-refractivity contribution in [3.63, 3.8) is 0 Å². The molecule has 2 atom stereocenters. The molecule has 29 heavy (non-hydrogen) atoms. The van der Waals surface area contributed by atoms with Crippen LogP contribution < -0.4 is 5.32 Å². The van der Waals surface area contributed by atoms with Crippen molar-refractivity contribution in [3.05, 3.63) is 76.7 Å². The van der Waals surface area contributed by atoms with Crippen molar-refractivity contribution in [3.8, 4) is 5.82 Å². The molecule has 0 aliphatic heterocycles. The number of nitrogens with zero attached hydrogens (tertiary/aromatic N) is 3. The summed E-state index contributed by atoms with van der Waals surface area (Å²) in [7, 11) is 0. The molecule has 2 aliphatic rings. The van der Waals surface area contributed by atoms with Crippen LogP contribution in [0.4, 0.5) is 8.78 Å². The van der Waals surface area contributed by atoms with E-state index < -0.39 is 17.2 Å². The molecule has 0 unspecified atom stereocenters. The van der Waals surface area contributed by atoms with Crippen LogP contribution in [-0.4, -0.2) is 20.7 Å². The van der Waals surface area contributed by atoms with E-state index in [9.17, 15) is 13.6 Å². The van der Waals surface area contributed by atoms with E-state index in [1.54, 1.807) is 0 Å². The zero-order valence-electron chi connectivity index (χ0n) is 16.1. The average molecular weight is 394 g/mol. The van der Waals surface area contributed by atoms with Crippen molar-refractivity contribution in [2.24, 2.45) is 5.92 Å². The van der Waals surface area contributed by atoms with E-state index in [1.165, 1.54) is 4.68 Å². The molecule has 2 heterocycles. The number of hydrogen-bond donors (Lipinski definition) is 1. The maximum absolute atomic E-state index is 14.4. The molecule has 1 fully saturated rings. The first-order chi connectivity index (χ1) is 13.8. The topological polar surface area (TPSA) is 59.8 Å². The van der Waals surface area contributed by atoms with E-state index in [4.69, 9.17) is 0 Å². The predicted octanol–water partition coefficient (Wildman–Crippen LogP) is 3.87. The summed E-state index contributed by atoms with van der Waals surface area (Å²) in [5.74, 6) is -1.20.